The van der Waals surface area contributed by atoms with Crippen LogP contribution in [-0.4, -0.2) is 63.3 Å². The molecule has 0 aromatic rings. The van der Waals surface area contributed by atoms with Crippen LogP contribution in [0.5, 0.6) is 0 Å². The van der Waals surface area contributed by atoms with E-state index in [-0.39, 0.29) is 31.0 Å². The molecule has 1 N–H and O–H groups in total. The van der Waals surface area contributed by atoms with E-state index >= 15 is 0 Å². The lowest BCUT2D eigenvalue weighted by molar-refractivity contribution is -0.142. The van der Waals surface area contributed by atoms with Crippen molar-refractivity contribution in [2.24, 2.45) is 0 Å². The maximum atomic E-state index is 11.6. The molecule has 0 aliphatic carbocycles. The molecule has 6 nitrogen and oxygen atoms in total. The van der Waals surface area contributed by atoms with Gasteiger partial charge >= 0.3 is 5.97 Å². The summed E-state index contributed by atoms with van der Waals surface area (Å²) >= 11 is 0. The average molecular weight is 246 g/mol. The quantitative estimate of drug-likeness (QED) is 0.592. The van der Waals surface area contributed by atoms with Gasteiger partial charge in [-0.25, -0.2) is 0 Å². The molecule has 0 aliphatic heterocycles. The van der Waals surface area contributed by atoms with Crippen LogP contribution in [-0.2, 0) is 19.1 Å². The molecule has 0 heterocycles. The van der Waals surface area contributed by atoms with Gasteiger partial charge in [0, 0.05) is 13.2 Å². The summed E-state index contributed by atoms with van der Waals surface area (Å²) in [5.74, 6) is -0.468. The van der Waals surface area contributed by atoms with Crippen molar-refractivity contribution >= 4 is 11.9 Å². The molecule has 0 spiro atoms. The Kier molecular flexibility index (Phi) is 8.35. The molecule has 0 bridgehead atoms. The summed E-state index contributed by atoms with van der Waals surface area (Å²) in [5.41, 5.74) is 0. The zero-order valence-electron chi connectivity index (χ0n) is 11.0. The van der Waals surface area contributed by atoms with Crippen LogP contribution >= 0.6 is 0 Å². The minimum absolute atomic E-state index is 0.0377. The number of carbonyl (C=O) groups is 2. The van der Waals surface area contributed by atoms with Gasteiger partial charge in [-0.15, -0.1) is 0 Å². The van der Waals surface area contributed by atoms with Crippen molar-refractivity contribution in [3.63, 3.8) is 0 Å². The normalized spacial score (nSPS) is 12.3. The highest BCUT2D eigenvalue weighted by molar-refractivity contribution is 5.79. The number of esters is 1. The summed E-state index contributed by atoms with van der Waals surface area (Å²) in [7, 11) is 2.91. The lowest BCUT2D eigenvalue weighted by Crippen LogP contribution is -2.44. The van der Waals surface area contributed by atoms with Crippen molar-refractivity contribution in [2.75, 3.05) is 40.5 Å². The van der Waals surface area contributed by atoms with Crippen LogP contribution in [0.4, 0.5) is 0 Å². The first-order valence-corrected chi connectivity index (χ1v) is 5.60. The van der Waals surface area contributed by atoms with E-state index in [1.807, 2.05) is 13.8 Å². The fourth-order valence-electron chi connectivity index (χ4n) is 1.34. The van der Waals surface area contributed by atoms with E-state index in [2.05, 4.69) is 10.1 Å². The molecule has 0 fully saturated rings. The third kappa shape index (κ3) is 7.70. The Labute approximate surface area is 102 Å². The van der Waals surface area contributed by atoms with E-state index in [4.69, 9.17) is 4.74 Å². The monoisotopic (exact) mass is 246 g/mol. The van der Waals surface area contributed by atoms with Gasteiger partial charge in [0.25, 0.3) is 0 Å². The molecule has 0 saturated carbocycles. The standard InChI is InChI=1S/C11H22N2O4/c1-5-13(7-11(15)17-4)6-10(14)12-9(2)8-16-3/h9H,5-8H2,1-4H3,(H,12,14). The molecule has 6 heteroatoms. The third-order valence-corrected chi connectivity index (χ3v) is 2.22. The lowest BCUT2D eigenvalue weighted by atomic mass is 10.3. The SMILES string of the molecule is CCN(CC(=O)NC(C)COC)CC(=O)OC. The Morgan fingerprint density at radius 1 is 1.29 bits per heavy atom. The van der Waals surface area contributed by atoms with E-state index in [0.29, 0.717) is 13.2 Å². The van der Waals surface area contributed by atoms with E-state index < -0.39 is 0 Å². The van der Waals surface area contributed by atoms with Gasteiger partial charge in [0.1, 0.15) is 0 Å². The van der Waals surface area contributed by atoms with Gasteiger partial charge in [-0.3, -0.25) is 14.5 Å². The van der Waals surface area contributed by atoms with Crippen molar-refractivity contribution in [3.05, 3.63) is 0 Å². The Bertz CT molecular complexity index is 246. The molecule has 17 heavy (non-hydrogen) atoms. The molecule has 0 aromatic carbocycles. The first-order valence-electron chi connectivity index (χ1n) is 5.60. The predicted molar refractivity (Wildman–Crippen MR) is 63.6 cm³/mol. The smallest absolute Gasteiger partial charge is 0.319 e. The molecule has 0 saturated heterocycles. The predicted octanol–water partition coefficient (Wildman–Crippen LogP) is -0.368. The van der Waals surface area contributed by atoms with E-state index in [9.17, 15) is 9.59 Å². The van der Waals surface area contributed by atoms with Gasteiger partial charge in [0.15, 0.2) is 0 Å². The Hall–Kier alpha value is -1.14. The van der Waals surface area contributed by atoms with Gasteiger partial charge in [-0.05, 0) is 13.5 Å². The van der Waals surface area contributed by atoms with Crippen molar-refractivity contribution in [1.29, 1.82) is 0 Å². The number of rotatable bonds is 8. The maximum Gasteiger partial charge on any atom is 0.319 e. The number of carbonyl (C=O) groups excluding carboxylic acids is 2. The number of methoxy groups -OCH3 is 2. The molecule has 100 valence electrons. The molecule has 0 radical (unpaired) electrons. The third-order valence-electron chi connectivity index (χ3n) is 2.22. The second-order valence-corrected chi connectivity index (χ2v) is 3.80. The highest BCUT2D eigenvalue weighted by Gasteiger charge is 2.14. The Morgan fingerprint density at radius 2 is 1.94 bits per heavy atom. The highest BCUT2D eigenvalue weighted by Crippen LogP contribution is 1.90. The second-order valence-electron chi connectivity index (χ2n) is 3.80. The van der Waals surface area contributed by atoms with Crippen molar-refractivity contribution in [3.8, 4) is 0 Å². The van der Waals surface area contributed by atoms with Crippen LogP contribution in [0.15, 0.2) is 0 Å². The van der Waals surface area contributed by atoms with Crippen molar-refractivity contribution in [1.82, 2.24) is 10.2 Å². The van der Waals surface area contributed by atoms with Gasteiger partial charge in [-0.2, -0.15) is 0 Å². The van der Waals surface area contributed by atoms with Crippen LogP contribution in [0.25, 0.3) is 0 Å². The van der Waals surface area contributed by atoms with Crippen LogP contribution in [0.3, 0.4) is 0 Å². The van der Waals surface area contributed by atoms with Crippen molar-refractivity contribution in [2.45, 2.75) is 19.9 Å². The first kappa shape index (κ1) is 15.9. The van der Waals surface area contributed by atoms with Gasteiger partial charge in [-0.1, -0.05) is 6.92 Å². The molecule has 0 rings (SSSR count). The van der Waals surface area contributed by atoms with Crippen LogP contribution in [0, 0.1) is 0 Å². The number of nitrogens with zero attached hydrogens (tertiary/aromatic N) is 1. The molecular weight excluding hydrogens is 224 g/mol. The van der Waals surface area contributed by atoms with E-state index in [1.54, 1.807) is 12.0 Å². The number of hydrogen-bond donors (Lipinski definition) is 1. The highest BCUT2D eigenvalue weighted by atomic mass is 16.5. The molecule has 0 aromatic heterocycles. The average Bonchev–Trinajstić information content (AvgIpc) is 2.27. The number of ether oxygens (including phenoxy) is 2. The molecular formula is C11H22N2O4. The van der Waals surface area contributed by atoms with Crippen LogP contribution in [0.2, 0.25) is 0 Å². The number of amides is 1. The summed E-state index contributed by atoms with van der Waals surface area (Å²) in [6.45, 7) is 5.13. The summed E-state index contributed by atoms with van der Waals surface area (Å²) in [6, 6.07) is -0.0377. The number of hydrogen-bond acceptors (Lipinski definition) is 5. The number of likely N-dealkylation sites (N-methyl/N-ethyl adjacent to an activating group) is 1. The zero-order valence-corrected chi connectivity index (χ0v) is 11.0. The van der Waals surface area contributed by atoms with Crippen LogP contribution in [0.1, 0.15) is 13.8 Å². The van der Waals surface area contributed by atoms with Crippen LogP contribution < -0.4 is 5.32 Å². The summed E-state index contributed by atoms with van der Waals surface area (Å²) < 4.78 is 9.47. The Balaban J connectivity index is 4.01. The summed E-state index contributed by atoms with van der Waals surface area (Å²) in [4.78, 5) is 24.4. The van der Waals surface area contributed by atoms with E-state index in [1.165, 1.54) is 7.11 Å². The first-order chi connectivity index (χ1) is 8.03. The summed E-state index contributed by atoms with van der Waals surface area (Å²) in [5, 5.41) is 2.78. The maximum absolute atomic E-state index is 11.6. The topological polar surface area (TPSA) is 67.9 Å². The summed E-state index contributed by atoms with van der Waals surface area (Å²) in [6.07, 6.45) is 0. The fourth-order valence-corrected chi connectivity index (χ4v) is 1.34. The molecule has 1 unspecified atom stereocenters. The Morgan fingerprint density at radius 3 is 2.41 bits per heavy atom. The molecule has 1 amide bonds. The van der Waals surface area contributed by atoms with Gasteiger partial charge < -0.3 is 14.8 Å². The fraction of sp³-hybridized carbons (Fsp3) is 0.818. The largest absolute Gasteiger partial charge is 0.468 e. The van der Waals surface area contributed by atoms with Gasteiger partial charge in [0.05, 0.1) is 26.8 Å². The minimum atomic E-state index is -0.343. The zero-order chi connectivity index (χ0) is 13.3. The molecule has 1 atom stereocenters. The van der Waals surface area contributed by atoms with Gasteiger partial charge in [0.2, 0.25) is 5.91 Å². The lowest BCUT2D eigenvalue weighted by Gasteiger charge is -2.20. The number of nitrogens with one attached hydrogen (secondary N) is 1. The molecule has 0 aliphatic rings. The second kappa shape index (κ2) is 8.95. The van der Waals surface area contributed by atoms with Crippen molar-refractivity contribution < 1.29 is 19.1 Å². The minimum Gasteiger partial charge on any atom is -0.468 e. The van der Waals surface area contributed by atoms with E-state index in [0.717, 1.165) is 0 Å².